The Hall–Kier alpha value is -3.43. The summed E-state index contributed by atoms with van der Waals surface area (Å²) in [6.07, 6.45) is 3.30. The van der Waals surface area contributed by atoms with Gasteiger partial charge < -0.3 is 14.6 Å². The summed E-state index contributed by atoms with van der Waals surface area (Å²) in [5, 5.41) is 2.70. The van der Waals surface area contributed by atoms with Gasteiger partial charge in [-0.3, -0.25) is 9.78 Å². The van der Waals surface area contributed by atoms with Crippen LogP contribution in [0.5, 0.6) is 5.75 Å². The van der Waals surface area contributed by atoms with Crippen molar-refractivity contribution in [1.29, 1.82) is 0 Å². The number of ether oxygens (including phenoxy) is 1. The van der Waals surface area contributed by atoms with Crippen LogP contribution >= 0.6 is 0 Å². The Bertz CT molecular complexity index is 895. The molecule has 7 nitrogen and oxygen atoms in total. The van der Waals surface area contributed by atoms with Gasteiger partial charge in [-0.05, 0) is 24.3 Å². The summed E-state index contributed by atoms with van der Waals surface area (Å²) >= 11 is 0. The second-order valence-electron chi connectivity index (χ2n) is 5.36. The third-order valence-electron chi connectivity index (χ3n) is 3.50. The first-order valence-electron chi connectivity index (χ1n) is 7.84. The Kier molecular flexibility index (Phi) is 5.34. The van der Waals surface area contributed by atoms with E-state index in [1.54, 1.807) is 31.0 Å². The molecular formula is C17H14F3N5O2. The number of carbonyl (C=O) groups is 1. The molecule has 27 heavy (non-hydrogen) atoms. The molecule has 1 aromatic carbocycles. The number of nitrogens with zero attached hydrogens (tertiary/aromatic N) is 4. The lowest BCUT2D eigenvalue weighted by atomic mass is 10.2. The van der Waals surface area contributed by atoms with E-state index in [1.165, 1.54) is 12.1 Å². The fraction of sp³-hybridized carbons (Fsp3) is 0.176. The Morgan fingerprint density at radius 1 is 1.11 bits per heavy atom. The second-order valence-corrected chi connectivity index (χ2v) is 5.36. The Morgan fingerprint density at radius 2 is 1.89 bits per heavy atom. The first kappa shape index (κ1) is 18.4. The molecule has 3 rings (SSSR count). The fourth-order valence-electron chi connectivity index (χ4n) is 2.34. The summed E-state index contributed by atoms with van der Waals surface area (Å²) in [4.78, 5) is 24.5. The third-order valence-corrected chi connectivity index (χ3v) is 3.50. The normalized spacial score (nSPS) is 11.2. The van der Waals surface area contributed by atoms with Gasteiger partial charge in [-0.2, -0.15) is 0 Å². The van der Waals surface area contributed by atoms with Crippen LogP contribution in [0.3, 0.4) is 0 Å². The molecule has 1 N–H and O–H groups in total. The highest BCUT2D eigenvalue weighted by atomic mass is 19.4. The molecule has 0 aliphatic carbocycles. The Balaban J connectivity index is 1.55. The van der Waals surface area contributed by atoms with Crippen molar-refractivity contribution >= 4 is 5.91 Å². The molecule has 10 heteroatoms. The average Bonchev–Trinajstić information content (AvgIpc) is 3.10. The lowest BCUT2D eigenvalue weighted by Crippen LogP contribution is -2.27. The van der Waals surface area contributed by atoms with Crippen LogP contribution in [0.1, 0.15) is 10.4 Å². The van der Waals surface area contributed by atoms with Crippen LogP contribution < -0.4 is 10.1 Å². The van der Waals surface area contributed by atoms with E-state index in [0.717, 1.165) is 12.1 Å². The van der Waals surface area contributed by atoms with E-state index >= 15 is 0 Å². The number of hydrogen-bond donors (Lipinski definition) is 1. The van der Waals surface area contributed by atoms with Gasteiger partial charge in [0.2, 0.25) is 0 Å². The second kappa shape index (κ2) is 7.85. The SMILES string of the molecule is O=C(NCCn1ccnc1-c1cnccn1)c1ccc(OC(F)(F)F)cc1. The largest absolute Gasteiger partial charge is 0.573 e. The molecule has 2 heterocycles. The van der Waals surface area contributed by atoms with Gasteiger partial charge in [-0.25, -0.2) is 9.97 Å². The van der Waals surface area contributed by atoms with Gasteiger partial charge in [0, 0.05) is 43.4 Å². The molecule has 0 atom stereocenters. The van der Waals surface area contributed by atoms with Crippen molar-refractivity contribution in [2.24, 2.45) is 0 Å². The number of nitrogens with one attached hydrogen (secondary N) is 1. The van der Waals surface area contributed by atoms with Crippen molar-refractivity contribution in [2.45, 2.75) is 12.9 Å². The summed E-state index contributed by atoms with van der Waals surface area (Å²) in [6.45, 7) is 0.732. The minimum Gasteiger partial charge on any atom is -0.406 e. The third kappa shape index (κ3) is 5.03. The topological polar surface area (TPSA) is 81.9 Å². The van der Waals surface area contributed by atoms with Crippen molar-refractivity contribution in [2.75, 3.05) is 6.54 Å². The summed E-state index contributed by atoms with van der Waals surface area (Å²) in [7, 11) is 0. The lowest BCUT2D eigenvalue weighted by molar-refractivity contribution is -0.274. The van der Waals surface area contributed by atoms with Crippen LogP contribution in [0, 0.1) is 0 Å². The number of imidazole rings is 1. The van der Waals surface area contributed by atoms with E-state index in [2.05, 4.69) is 25.0 Å². The van der Waals surface area contributed by atoms with E-state index in [-0.39, 0.29) is 11.3 Å². The minimum atomic E-state index is -4.77. The molecule has 0 radical (unpaired) electrons. The number of amides is 1. The molecule has 140 valence electrons. The van der Waals surface area contributed by atoms with Gasteiger partial charge in [0.1, 0.15) is 11.4 Å². The number of hydrogen-bond acceptors (Lipinski definition) is 5. The quantitative estimate of drug-likeness (QED) is 0.714. The molecule has 1 amide bonds. The highest BCUT2D eigenvalue weighted by Crippen LogP contribution is 2.22. The van der Waals surface area contributed by atoms with Crippen LogP contribution in [-0.2, 0) is 6.54 Å². The predicted octanol–water partition coefficient (Wildman–Crippen LogP) is 2.67. The number of rotatable bonds is 6. The number of alkyl halides is 3. The first-order valence-corrected chi connectivity index (χ1v) is 7.84. The highest BCUT2D eigenvalue weighted by Gasteiger charge is 2.31. The van der Waals surface area contributed by atoms with E-state index in [4.69, 9.17) is 0 Å². The van der Waals surface area contributed by atoms with Crippen LogP contribution in [-0.4, -0.2) is 38.3 Å². The molecule has 0 fully saturated rings. The summed E-state index contributed by atoms with van der Waals surface area (Å²) in [5.74, 6) is -0.174. The van der Waals surface area contributed by atoms with Gasteiger partial charge in [-0.15, -0.1) is 13.2 Å². The van der Waals surface area contributed by atoms with Crippen LogP contribution in [0.25, 0.3) is 11.5 Å². The van der Waals surface area contributed by atoms with E-state index in [9.17, 15) is 18.0 Å². The molecular weight excluding hydrogens is 363 g/mol. The molecule has 0 aliphatic rings. The predicted molar refractivity (Wildman–Crippen MR) is 88.7 cm³/mol. The van der Waals surface area contributed by atoms with Gasteiger partial charge >= 0.3 is 6.36 Å². The van der Waals surface area contributed by atoms with Crippen molar-refractivity contribution in [3.63, 3.8) is 0 Å². The standard InChI is InChI=1S/C17H14F3N5O2/c18-17(19,20)27-13-3-1-12(2-4-13)16(26)24-8-10-25-9-7-23-15(25)14-11-21-5-6-22-14/h1-7,9,11H,8,10H2,(H,24,26). The molecule has 0 aliphatic heterocycles. The van der Waals surface area contributed by atoms with E-state index < -0.39 is 12.3 Å². The van der Waals surface area contributed by atoms with Crippen LogP contribution in [0.4, 0.5) is 13.2 Å². The Morgan fingerprint density at radius 3 is 2.56 bits per heavy atom. The molecule has 0 saturated carbocycles. The van der Waals surface area contributed by atoms with Gasteiger partial charge in [0.05, 0.1) is 6.20 Å². The van der Waals surface area contributed by atoms with E-state index in [0.29, 0.717) is 24.6 Å². The van der Waals surface area contributed by atoms with Crippen molar-refractivity contribution < 1.29 is 22.7 Å². The van der Waals surface area contributed by atoms with Crippen LogP contribution in [0.2, 0.25) is 0 Å². The fourth-order valence-corrected chi connectivity index (χ4v) is 2.34. The maximum atomic E-state index is 12.1. The van der Waals surface area contributed by atoms with Gasteiger partial charge in [-0.1, -0.05) is 0 Å². The Labute approximate surface area is 151 Å². The maximum absolute atomic E-state index is 12.1. The minimum absolute atomic E-state index is 0.226. The first-order chi connectivity index (χ1) is 12.9. The summed E-state index contributed by atoms with van der Waals surface area (Å²) < 4.78 is 42.0. The van der Waals surface area contributed by atoms with Crippen LogP contribution in [0.15, 0.2) is 55.2 Å². The molecule has 0 saturated heterocycles. The zero-order valence-electron chi connectivity index (χ0n) is 13.8. The maximum Gasteiger partial charge on any atom is 0.573 e. The highest BCUT2D eigenvalue weighted by molar-refractivity contribution is 5.94. The van der Waals surface area contributed by atoms with Crippen molar-refractivity contribution in [3.05, 3.63) is 60.8 Å². The number of halogens is 3. The van der Waals surface area contributed by atoms with Gasteiger partial charge in [0.25, 0.3) is 5.91 Å². The molecule has 3 aromatic rings. The van der Waals surface area contributed by atoms with E-state index in [1.807, 2.05) is 4.57 Å². The zero-order chi connectivity index (χ0) is 19.3. The van der Waals surface area contributed by atoms with Gasteiger partial charge in [0.15, 0.2) is 5.82 Å². The zero-order valence-corrected chi connectivity index (χ0v) is 13.8. The lowest BCUT2D eigenvalue weighted by Gasteiger charge is -2.10. The molecule has 0 spiro atoms. The smallest absolute Gasteiger partial charge is 0.406 e. The van der Waals surface area contributed by atoms with Crippen molar-refractivity contribution in [1.82, 2.24) is 24.8 Å². The monoisotopic (exact) mass is 377 g/mol. The number of benzene rings is 1. The number of aromatic nitrogens is 4. The summed E-state index contributed by atoms with van der Waals surface area (Å²) in [6, 6.07) is 4.70. The summed E-state index contributed by atoms with van der Waals surface area (Å²) in [5.41, 5.74) is 0.832. The van der Waals surface area contributed by atoms with Crippen molar-refractivity contribution in [3.8, 4) is 17.3 Å². The molecule has 2 aromatic heterocycles. The molecule has 0 unspecified atom stereocenters. The average molecular weight is 377 g/mol. The molecule has 0 bridgehead atoms. The number of carbonyl (C=O) groups excluding carboxylic acids is 1.